The summed E-state index contributed by atoms with van der Waals surface area (Å²) in [6, 6.07) is 67.4. The fourth-order valence-corrected chi connectivity index (χ4v) is 6.52. The Kier molecular flexibility index (Phi) is 9.53. The van der Waals surface area contributed by atoms with Crippen molar-refractivity contribution in [3.63, 3.8) is 0 Å². The van der Waals surface area contributed by atoms with Crippen LogP contribution in [0.2, 0.25) is 0 Å². The molecule has 0 unspecified atom stereocenters. The van der Waals surface area contributed by atoms with Crippen LogP contribution in [-0.4, -0.2) is 7.05 Å². The van der Waals surface area contributed by atoms with E-state index in [4.69, 9.17) is 0 Å². The average molecular weight is 645 g/mol. The number of fused-ring (bicyclic) bond motifs is 2. The summed E-state index contributed by atoms with van der Waals surface area (Å²) < 4.78 is 0. The minimum Gasteiger partial charge on any atom is -0.344 e. The molecule has 0 radical (unpaired) electrons. The van der Waals surface area contributed by atoms with Crippen LogP contribution in [0.5, 0.6) is 0 Å². The van der Waals surface area contributed by atoms with Gasteiger partial charge in [0.2, 0.25) is 0 Å². The van der Waals surface area contributed by atoms with E-state index in [0.717, 1.165) is 22.7 Å². The van der Waals surface area contributed by atoms with Crippen molar-refractivity contribution < 1.29 is 0 Å². The molecule has 0 aliphatic rings. The third-order valence-electron chi connectivity index (χ3n) is 9.07. The second kappa shape index (κ2) is 14.8. The molecule has 0 saturated carbocycles. The first-order valence-electron chi connectivity index (χ1n) is 17.1. The van der Waals surface area contributed by atoms with Crippen LogP contribution < -0.4 is 9.80 Å². The van der Waals surface area contributed by atoms with Crippen molar-refractivity contribution in [3.05, 3.63) is 201 Å². The van der Waals surface area contributed by atoms with Gasteiger partial charge in [0, 0.05) is 40.9 Å². The molecule has 242 valence electrons. The quantitative estimate of drug-likeness (QED) is 0.159. The van der Waals surface area contributed by atoms with Gasteiger partial charge in [0.15, 0.2) is 0 Å². The van der Waals surface area contributed by atoms with Gasteiger partial charge in [-0.1, -0.05) is 140 Å². The molecule has 0 saturated heterocycles. The van der Waals surface area contributed by atoms with Gasteiger partial charge in [-0.2, -0.15) is 0 Å². The Morgan fingerprint density at radius 2 is 0.840 bits per heavy atom. The van der Waals surface area contributed by atoms with Crippen molar-refractivity contribution in [1.82, 2.24) is 0 Å². The standard InChI is InChI=1S/C45H34N2.C3H6/c1-46(45-17-9-15-38-13-7-8-16-44(38)45)40-25-18-36(19-26-40)37-22-29-42(30-23-37)47(43-31-24-34-12-5-6-14-39(34)32-43)41-27-20-35(21-28-41)33-10-3-2-4-11-33;1-3-2/h2-32H,1H3;3H,1H2,2H3. The van der Waals surface area contributed by atoms with Crippen LogP contribution in [0.25, 0.3) is 43.8 Å². The number of nitrogens with zero attached hydrogens (tertiary/aromatic N) is 2. The van der Waals surface area contributed by atoms with E-state index < -0.39 is 0 Å². The summed E-state index contributed by atoms with van der Waals surface area (Å²) in [5.74, 6) is 0. The molecule has 0 amide bonds. The maximum atomic E-state index is 3.36. The summed E-state index contributed by atoms with van der Waals surface area (Å²) in [5, 5.41) is 4.96. The normalized spacial score (nSPS) is 10.7. The Balaban J connectivity index is 0.00000126. The summed E-state index contributed by atoms with van der Waals surface area (Å²) in [7, 11) is 2.14. The summed E-state index contributed by atoms with van der Waals surface area (Å²) in [6.45, 7) is 5.25. The molecule has 0 bridgehead atoms. The molecule has 50 heavy (non-hydrogen) atoms. The Morgan fingerprint density at radius 3 is 1.44 bits per heavy atom. The van der Waals surface area contributed by atoms with Crippen LogP contribution in [0.4, 0.5) is 28.4 Å². The van der Waals surface area contributed by atoms with E-state index in [1.165, 1.54) is 49.5 Å². The third kappa shape index (κ3) is 6.78. The predicted molar refractivity (Wildman–Crippen MR) is 217 cm³/mol. The number of allylic oxidation sites excluding steroid dienone is 1. The Hall–Kier alpha value is -6.38. The van der Waals surface area contributed by atoms with Gasteiger partial charge >= 0.3 is 0 Å². The van der Waals surface area contributed by atoms with Crippen molar-refractivity contribution in [3.8, 4) is 22.3 Å². The zero-order valence-electron chi connectivity index (χ0n) is 28.6. The van der Waals surface area contributed by atoms with Crippen LogP contribution in [0, 0.1) is 0 Å². The van der Waals surface area contributed by atoms with E-state index >= 15 is 0 Å². The van der Waals surface area contributed by atoms with Gasteiger partial charge in [-0.25, -0.2) is 0 Å². The molecule has 0 spiro atoms. The minimum atomic E-state index is 1.11. The SMILES string of the molecule is C=CC.CN(c1ccc(-c2ccc(N(c3ccc(-c4ccccc4)cc3)c3ccc4ccccc4c3)cc2)cc1)c1cccc2ccccc12. The van der Waals surface area contributed by atoms with Gasteiger partial charge in [-0.3, -0.25) is 0 Å². The van der Waals surface area contributed by atoms with E-state index in [1.54, 1.807) is 6.08 Å². The van der Waals surface area contributed by atoms with Gasteiger partial charge in [-0.15, -0.1) is 6.58 Å². The Morgan fingerprint density at radius 1 is 0.400 bits per heavy atom. The molecule has 8 aromatic carbocycles. The molecular weight excluding hydrogens is 605 g/mol. The van der Waals surface area contributed by atoms with Crippen LogP contribution in [0.3, 0.4) is 0 Å². The average Bonchev–Trinajstić information content (AvgIpc) is 3.19. The second-order valence-corrected chi connectivity index (χ2v) is 12.3. The van der Waals surface area contributed by atoms with E-state index in [-0.39, 0.29) is 0 Å². The third-order valence-corrected chi connectivity index (χ3v) is 9.07. The van der Waals surface area contributed by atoms with E-state index in [2.05, 4.69) is 211 Å². The first kappa shape index (κ1) is 32.2. The molecule has 8 rings (SSSR count). The van der Waals surface area contributed by atoms with Gasteiger partial charge in [0.1, 0.15) is 0 Å². The number of anilines is 5. The lowest BCUT2D eigenvalue weighted by Gasteiger charge is -2.26. The maximum absolute atomic E-state index is 3.36. The van der Waals surface area contributed by atoms with Gasteiger partial charge < -0.3 is 9.80 Å². The van der Waals surface area contributed by atoms with Gasteiger partial charge in [-0.05, 0) is 99.9 Å². The van der Waals surface area contributed by atoms with Crippen molar-refractivity contribution in [2.24, 2.45) is 0 Å². The molecular formula is C48H40N2. The number of hydrogen-bond acceptors (Lipinski definition) is 2. The molecule has 0 heterocycles. The van der Waals surface area contributed by atoms with Crippen molar-refractivity contribution >= 4 is 50.0 Å². The highest BCUT2D eigenvalue weighted by Crippen LogP contribution is 2.38. The van der Waals surface area contributed by atoms with Crippen LogP contribution in [0.15, 0.2) is 201 Å². The zero-order valence-corrected chi connectivity index (χ0v) is 28.6. The van der Waals surface area contributed by atoms with Crippen LogP contribution in [0.1, 0.15) is 6.92 Å². The second-order valence-electron chi connectivity index (χ2n) is 12.3. The Bertz CT molecular complexity index is 2330. The highest BCUT2D eigenvalue weighted by molar-refractivity contribution is 5.96. The molecule has 0 aliphatic heterocycles. The highest BCUT2D eigenvalue weighted by Gasteiger charge is 2.14. The van der Waals surface area contributed by atoms with E-state index in [1.807, 2.05) is 6.92 Å². The lowest BCUT2D eigenvalue weighted by Crippen LogP contribution is -2.10. The molecule has 0 atom stereocenters. The Labute approximate surface area is 295 Å². The molecule has 0 aromatic heterocycles. The number of rotatable bonds is 7. The lowest BCUT2D eigenvalue weighted by atomic mass is 10.0. The summed E-state index contributed by atoms with van der Waals surface area (Å²) in [4.78, 5) is 4.60. The topological polar surface area (TPSA) is 6.48 Å². The highest BCUT2D eigenvalue weighted by atomic mass is 15.1. The van der Waals surface area contributed by atoms with Crippen molar-refractivity contribution in [2.45, 2.75) is 6.92 Å². The maximum Gasteiger partial charge on any atom is 0.0487 e. The van der Waals surface area contributed by atoms with E-state index in [0.29, 0.717) is 0 Å². The zero-order chi connectivity index (χ0) is 34.3. The van der Waals surface area contributed by atoms with Crippen molar-refractivity contribution in [2.75, 3.05) is 16.8 Å². The number of benzene rings is 8. The summed E-state index contributed by atoms with van der Waals surface area (Å²) >= 11 is 0. The first-order chi connectivity index (χ1) is 24.6. The summed E-state index contributed by atoms with van der Waals surface area (Å²) in [5.41, 5.74) is 10.5. The fourth-order valence-electron chi connectivity index (χ4n) is 6.52. The predicted octanol–water partition coefficient (Wildman–Crippen LogP) is 13.8. The van der Waals surface area contributed by atoms with Crippen molar-refractivity contribution in [1.29, 1.82) is 0 Å². The summed E-state index contributed by atoms with van der Waals surface area (Å²) in [6.07, 6.45) is 1.75. The van der Waals surface area contributed by atoms with E-state index in [9.17, 15) is 0 Å². The first-order valence-corrected chi connectivity index (χ1v) is 17.1. The molecule has 0 N–H and O–H groups in total. The van der Waals surface area contributed by atoms with Crippen LogP contribution in [-0.2, 0) is 0 Å². The molecule has 2 nitrogen and oxygen atoms in total. The minimum absolute atomic E-state index is 1.11. The monoisotopic (exact) mass is 644 g/mol. The molecule has 0 aliphatic carbocycles. The molecule has 0 fully saturated rings. The fraction of sp³-hybridized carbons (Fsp3) is 0.0417. The largest absolute Gasteiger partial charge is 0.344 e. The van der Waals surface area contributed by atoms with Crippen LogP contribution >= 0.6 is 0 Å². The number of hydrogen-bond donors (Lipinski definition) is 0. The smallest absolute Gasteiger partial charge is 0.0487 e. The molecule has 8 aromatic rings. The van der Waals surface area contributed by atoms with Gasteiger partial charge in [0.25, 0.3) is 0 Å². The lowest BCUT2D eigenvalue weighted by molar-refractivity contribution is 1.22. The van der Waals surface area contributed by atoms with Gasteiger partial charge in [0.05, 0.1) is 0 Å². The molecule has 2 heteroatoms.